The molecule has 8 heteroatoms. The van der Waals surface area contributed by atoms with E-state index in [2.05, 4.69) is 9.97 Å². The first-order valence-electron chi connectivity index (χ1n) is 6.66. The SMILES string of the molecule is O=C(CCCc1nc2ccccc2c(=O)[nH]1)NCC(F)(F)F. The molecule has 1 aromatic heterocycles. The average molecular weight is 313 g/mol. The van der Waals surface area contributed by atoms with Gasteiger partial charge in [-0.3, -0.25) is 9.59 Å². The number of fused-ring (bicyclic) bond motifs is 1. The summed E-state index contributed by atoms with van der Waals surface area (Å²) >= 11 is 0. The number of hydrogen-bond acceptors (Lipinski definition) is 3. The van der Waals surface area contributed by atoms with Crippen LogP contribution in [0.4, 0.5) is 13.2 Å². The van der Waals surface area contributed by atoms with E-state index in [4.69, 9.17) is 0 Å². The Morgan fingerprint density at radius 2 is 2.00 bits per heavy atom. The predicted molar refractivity (Wildman–Crippen MR) is 74.4 cm³/mol. The Labute approximate surface area is 123 Å². The number of carbonyl (C=O) groups is 1. The molecule has 0 aliphatic carbocycles. The fourth-order valence-corrected chi connectivity index (χ4v) is 1.96. The zero-order chi connectivity index (χ0) is 16.2. The molecule has 5 nitrogen and oxygen atoms in total. The predicted octanol–water partition coefficient (Wildman–Crippen LogP) is 1.92. The summed E-state index contributed by atoms with van der Waals surface area (Å²) in [7, 11) is 0. The number of halogens is 3. The lowest BCUT2D eigenvalue weighted by Crippen LogP contribution is -2.33. The molecule has 1 aromatic carbocycles. The number of para-hydroxylation sites is 1. The van der Waals surface area contributed by atoms with Gasteiger partial charge in [0.2, 0.25) is 5.91 Å². The summed E-state index contributed by atoms with van der Waals surface area (Å²) in [5.41, 5.74) is 0.268. The zero-order valence-corrected chi connectivity index (χ0v) is 11.5. The van der Waals surface area contributed by atoms with E-state index in [0.29, 0.717) is 29.6 Å². The van der Waals surface area contributed by atoms with Gasteiger partial charge >= 0.3 is 6.18 Å². The molecule has 1 amide bonds. The molecular formula is C14H14F3N3O2. The van der Waals surface area contributed by atoms with E-state index < -0.39 is 18.6 Å². The van der Waals surface area contributed by atoms with Gasteiger partial charge in [-0.05, 0) is 18.6 Å². The van der Waals surface area contributed by atoms with E-state index in [-0.39, 0.29) is 12.0 Å². The standard InChI is InChI=1S/C14H14F3N3O2/c15-14(16,17)8-18-12(21)7-3-6-11-19-10-5-2-1-4-9(10)13(22)20-11/h1-2,4-5H,3,6-8H2,(H,18,21)(H,19,20,22). The molecule has 2 aromatic rings. The Bertz CT molecular complexity index is 725. The minimum absolute atomic E-state index is 0.0629. The van der Waals surface area contributed by atoms with E-state index in [1.165, 1.54) is 0 Å². The zero-order valence-electron chi connectivity index (χ0n) is 11.5. The van der Waals surface area contributed by atoms with Crippen molar-refractivity contribution >= 4 is 16.8 Å². The Morgan fingerprint density at radius 3 is 2.73 bits per heavy atom. The molecule has 0 saturated carbocycles. The topological polar surface area (TPSA) is 74.8 Å². The highest BCUT2D eigenvalue weighted by molar-refractivity contribution is 5.77. The maximum atomic E-state index is 11.9. The highest BCUT2D eigenvalue weighted by Gasteiger charge is 2.27. The van der Waals surface area contributed by atoms with Crippen molar-refractivity contribution in [1.29, 1.82) is 0 Å². The van der Waals surface area contributed by atoms with Gasteiger partial charge in [-0.1, -0.05) is 12.1 Å². The summed E-state index contributed by atoms with van der Waals surface area (Å²) in [5.74, 6) is -0.271. The molecule has 1 heterocycles. The number of aryl methyl sites for hydroxylation is 1. The highest BCUT2D eigenvalue weighted by Crippen LogP contribution is 2.12. The molecule has 2 rings (SSSR count). The van der Waals surface area contributed by atoms with Gasteiger partial charge in [0, 0.05) is 12.8 Å². The van der Waals surface area contributed by atoms with Crippen LogP contribution in [0.15, 0.2) is 29.1 Å². The third-order valence-electron chi connectivity index (χ3n) is 2.97. The van der Waals surface area contributed by atoms with Gasteiger partial charge < -0.3 is 10.3 Å². The molecule has 0 atom stereocenters. The largest absolute Gasteiger partial charge is 0.405 e. The van der Waals surface area contributed by atoms with Crippen molar-refractivity contribution in [2.45, 2.75) is 25.4 Å². The van der Waals surface area contributed by atoms with Crippen LogP contribution in [0.5, 0.6) is 0 Å². The van der Waals surface area contributed by atoms with E-state index in [0.717, 1.165) is 0 Å². The molecule has 0 saturated heterocycles. The van der Waals surface area contributed by atoms with E-state index in [1.807, 2.05) is 0 Å². The summed E-state index contributed by atoms with van der Waals surface area (Å²) in [4.78, 5) is 29.9. The quantitative estimate of drug-likeness (QED) is 0.885. The Morgan fingerprint density at radius 1 is 1.27 bits per heavy atom. The number of nitrogens with one attached hydrogen (secondary N) is 2. The molecule has 0 bridgehead atoms. The van der Waals surface area contributed by atoms with Crippen molar-refractivity contribution in [3.8, 4) is 0 Å². The molecule has 22 heavy (non-hydrogen) atoms. The number of hydrogen-bond donors (Lipinski definition) is 2. The van der Waals surface area contributed by atoms with Crippen LogP contribution >= 0.6 is 0 Å². The number of carbonyl (C=O) groups excluding carboxylic acids is 1. The van der Waals surface area contributed by atoms with Crippen molar-refractivity contribution in [1.82, 2.24) is 15.3 Å². The van der Waals surface area contributed by atoms with Crippen molar-refractivity contribution in [2.75, 3.05) is 6.54 Å². The van der Waals surface area contributed by atoms with Crippen LogP contribution in [0.1, 0.15) is 18.7 Å². The third-order valence-corrected chi connectivity index (χ3v) is 2.97. The number of amides is 1. The molecule has 0 aliphatic heterocycles. The summed E-state index contributed by atoms with van der Waals surface area (Å²) in [6, 6.07) is 6.83. The fraction of sp³-hybridized carbons (Fsp3) is 0.357. The number of rotatable bonds is 5. The molecule has 0 unspecified atom stereocenters. The van der Waals surface area contributed by atoms with Gasteiger partial charge in [0.05, 0.1) is 10.9 Å². The summed E-state index contributed by atoms with van der Waals surface area (Å²) in [5, 5.41) is 2.26. The highest BCUT2D eigenvalue weighted by atomic mass is 19.4. The molecular weight excluding hydrogens is 299 g/mol. The second-order valence-electron chi connectivity index (χ2n) is 4.78. The number of benzene rings is 1. The summed E-state index contributed by atoms with van der Waals surface area (Å²) in [6.45, 7) is -1.34. The first-order chi connectivity index (χ1) is 10.3. The Hall–Kier alpha value is -2.38. The van der Waals surface area contributed by atoms with Crippen LogP contribution in [0, 0.1) is 0 Å². The second-order valence-corrected chi connectivity index (χ2v) is 4.78. The third kappa shape index (κ3) is 4.57. The van der Waals surface area contributed by atoms with E-state index in [1.54, 1.807) is 29.6 Å². The number of H-pyrrole nitrogens is 1. The van der Waals surface area contributed by atoms with E-state index in [9.17, 15) is 22.8 Å². The minimum atomic E-state index is -4.42. The molecule has 2 N–H and O–H groups in total. The second kappa shape index (κ2) is 6.59. The maximum Gasteiger partial charge on any atom is 0.405 e. The van der Waals surface area contributed by atoms with Gasteiger partial charge in [0.1, 0.15) is 12.4 Å². The normalized spacial score (nSPS) is 11.6. The van der Waals surface area contributed by atoms with Gasteiger partial charge in [-0.2, -0.15) is 13.2 Å². The summed E-state index contributed by atoms with van der Waals surface area (Å²) < 4.78 is 35.8. The monoisotopic (exact) mass is 313 g/mol. The molecule has 0 fully saturated rings. The van der Waals surface area contributed by atoms with Gasteiger partial charge in [-0.25, -0.2) is 4.98 Å². The van der Waals surface area contributed by atoms with E-state index >= 15 is 0 Å². The lowest BCUT2D eigenvalue weighted by molar-refractivity contribution is -0.138. The number of aromatic amines is 1. The fourth-order valence-electron chi connectivity index (χ4n) is 1.96. The minimum Gasteiger partial charge on any atom is -0.347 e. The van der Waals surface area contributed by atoms with Crippen LogP contribution in [-0.2, 0) is 11.2 Å². The smallest absolute Gasteiger partial charge is 0.347 e. The van der Waals surface area contributed by atoms with Crippen LogP contribution < -0.4 is 10.9 Å². The van der Waals surface area contributed by atoms with Crippen LogP contribution in [0.3, 0.4) is 0 Å². The van der Waals surface area contributed by atoms with Gasteiger partial charge in [0.15, 0.2) is 0 Å². The van der Waals surface area contributed by atoms with Crippen LogP contribution in [0.2, 0.25) is 0 Å². The number of nitrogens with zero attached hydrogens (tertiary/aromatic N) is 1. The lowest BCUT2D eigenvalue weighted by Gasteiger charge is -2.08. The van der Waals surface area contributed by atoms with Crippen molar-refractivity contribution in [3.05, 3.63) is 40.4 Å². The van der Waals surface area contributed by atoms with Crippen LogP contribution in [0.25, 0.3) is 10.9 Å². The summed E-state index contributed by atoms with van der Waals surface area (Å²) in [6.07, 6.45) is -3.88. The average Bonchev–Trinajstić information content (AvgIpc) is 2.44. The Balaban J connectivity index is 1.90. The van der Waals surface area contributed by atoms with Crippen LogP contribution in [-0.4, -0.2) is 28.6 Å². The molecule has 0 spiro atoms. The lowest BCUT2D eigenvalue weighted by atomic mass is 10.2. The van der Waals surface area contributed by atoms with Crippen molar-refractivity contribution in [2.24, 2.45) is 0 Å². The first-order valence-corrected chi connectivity index (χ1v) is 6.66. The molecule has 118 valence electrons. The molecule has 0 radical (unpaired) electrons. The van der Waals surface area contributed by atoms with Gasteiger partial charge in [-0.15, -0.1) is 0 Å². The van der Waals surface area contributed by atoms with Gasteiger partial charge in [0.25, 0.3) is 5.56 Å². The molecule has 0 aliphatic rings. The first kappa shape index (κ1) is 16.0. The maximum absolute atomic E-state index is 11.9. The van der Waals surface area contributed by atoms with Crippen molar-refractivity contribution in [3.63, 3.8) is 0 Å². The Kier molecular flexibility index (Phi) is 4.79. The van der Waals surface area contributed by atoms with Crippen molar-refractivity contribution < 1.29 is 18.0 Å². The number of aromatic nitrogens is 2. The number of alkyl halides is 3.